The number of nitrogens with one attached hydrogen (secondary N) is 2. The van der Waals surface area contributed by atoms with Crippen LogP contribution in [0.2, 0.25) is 5.02 Å². The lowest BCUT2D eigenvalue weighted by molar-refractivity contribution is 0.194. The van der Waals surface area contributed by atoms with Crippen LogP contribution in [0.5, 0.6) is 0 Å². The average Bonchev–Trinajstić information content (AvgIpc) is 2.55. The normalized spacial score (nSPS) is 14.8. The summed E-state index contributed by atoms with van der Waals surface area (Å²) in [6.07, 6.45) is -0.789. The molecule has 1 aromatic carbocycles. The summed E-state index contributed by atoms with van der Waals surface area (Å²) < 4.78 is 1.54. The molecule has 1 amide bonds. The van der Waals surface area contributed by atoms with Crippen molar-refractivity contribution < 1.29 is 9.90 Å². The van der Waals surface area contributed by atoms with E-state index in [-0.39, 0.29) is 12.1 Å². The quantitative estimate of drug-likeness (QED) is 0.737. The van der Waals surface area contributed by atoms with Gasteiger partial charge < -0.3 is 20.7 Å². The molecule has 1 aliphatic heterocycles. The molecule has 3 N–H and O–H groups in total. The molecule has 0 atom stereocenters. The SMILES string of the molecule is O=C(O)NCCc1nc2cccc(Cl)c2c(=O)n1N1CCNCC1. The van der Waals surface area contributed by atoms with E-state index in [0.29, 0.717) is 41.3 Å². The van der Waals surface area contributed by atoms with Crippen molar-refractivity contribution in [3.63, 3.8) is 0 Å². The molecule has 0 aliphatic carbocycles. The lowest BCUT2D eigenvalue weighted by atomic mass is 10.2. The fraction of sp³-hybridized carbons (Fsp3) is 0.400. The Morgan fingerprint density at radius 2 is 2.12 bits per heavy atom. The standard InChI is InChI=1S/C15H18ClN5O3/c16-10-2-1-3-11-13(10)14(22)21(20-8-6-17-7-9-20)12(19-11)4-5-18-15(23)24/h1-3,17-18H,4-9H2,(H,23,24). The minimum absolute atomic E-state index is 0.180. The maximum atomic E-state index is 13.0. The molecule has 1 aromatic heterocycles. The summed E-state index contributed by atoms with van der Waals surface area (Å²) in [4.78, 5) is 28.2. The number of fused-ring (bicyclic) bond motifs is 1. The van der Waals surface area contributed by atoms with E-state index in [2.05, 4.69) is 15.6 Å². The Bertz CT molecular complexity index is 817. The summed E-state index contributed by atoms with van der Waals surface area (Å²) in [5.74, 6) is 0.519. The Kier molecular flexibility index (Phi) is 4.86. The van der Waals surface area contributed by atoms with Crippen molar-refractivity contribution in [1.29, 1.82) is 0 Å². The van der Waals surface area contributed by atoms with E-state index in [1.54, 1.807) is 22.9 Å². The van der Waals surface area contributed by atoms with Crippen molar-refractivity contribution >= 4 is 28.6 Å². The van der Waals surface area contributed by atoms with Crippen LogP contribution in [-0.2, 0) is 6.42 Å². The molecule has 128 valence electrons. The van der Waals surface area contributed by atoms with Crippen LogP contribution in [0.3, 0.4) is 0 Å². The third kappa shape index (κ3) is 3.29. The third-order valence-electron chi connectivity index (χ3n) is 3.89. The highest BCUT2D eigenvalue weighted by Gasteiger charge is 2.19. The van der Waals surface area contributed by atoms with Crippen molar-refractivity contribution in [2.75, 3.05) is 37.7 Å². The Morgan fingerprint density at radius 1 is 1.38 bits per heavy atom. The fourth-order valence-corrected chi connectivity index (χ4v) is 3.07. The van der Waals surface area contributed by atoms with E-state index in [9.17, 15) is 9.59 Å². The number of halogens is 1. The monoisotopic (exact) mass is 351 g/mol. The number of aromatic nitrogens is 2. The maximum absolute atomic E-state index is 13.0. The number of hydrogen-bond donors (Lipinski definition) is 3. The number of carboxylic acid groups (broad SMARTS) is 1. The van der Waals surface area contributed by atoms with E-state index in [1.807, 2.05) is 5.01 Å². The van der Waals surface area contributed by atoms with Crippen molar-refractivity contribution in [3.8, 4) is 0 Å². The van der Waals surface area contributed by atoms with Crippen LogP contribution >= 0.6 is 11.6 Å². The van der Waals surface area contributed by atoms with Crippen molar-refractivity contribution in [2.24, 2.45) is 0 Å². The van der Waals surface area contributed by atoms with Crippen LogP contribution in [-0.4, -0.2) is 53.6 Å². The summed E-state index contributed by atoms with van der Waals surface area (Å²) in [5.41, 5.74) is 0.294. The molecule has 1 aliphatic rings. The zero-order valence-electron chi connectivity index (χ0n) is 13.0. The van der Waals surface area contributed by atoms with Gasteiger partial charge in [0.05, 0.1) is 15.9 Å². The van der Waals surface area contributed by atoms with Crippen LogP contribution in [0.15, 0.2) is 23.0 Å². The lowest BCUT2D eigenvalue weighted by Gasteiger charge is -2.32. The number of carbonyl (C=O) groups is 1. The van der Waals surface area contributed by atoms with Gasteiger partial charge in [-0.3, -0.25) is 4.79 Å². The van der Waals surface area contributed by atoms with Gasteiger partial charge >= 0.3 is 6.09 Å². The number of amides is 1. The lowest BCUT2D eigenvalue weighted by Crippen LogP contribution is -2.54. The highest BCUT2D eigenvalue weighted by molar-refractivity contribution is 6.35. The number of piperazine rings is 1. The van der Waals surface area contributed by atoms with Gasteiger partial charge in [-0.05, 0) is 12.1 Å². The van der Waals surface area contributed by atoms with E-state index in [0.717, 1.165) is 13.1 Å². The van der Waals surface area contributed by atoms with E-state index in [1.165, 1.54) is 0 Å². The van der Waals surface area contributed by atoms with Gasteiger partial charge in [0.25, 0.3) is 5.56 Å². The Balaban J connectivity index is 2.08. The first-order valence-corrected chi connectivity index (χ1v) is 8.08. The molecule has 0 unspecified atom stereocenters. The molecule has 1 fully saturated rings. The van der Waals surface area contributed by atoms with Crippen molar-refractivity contribution in [1.82, 2.24) is 20.3 Å². The highest BCUT2D eigenvalue weighted by atomic mass is 35.5. The summed E-state index contributed by atoms with van der Waals surface area (Å²) in [6, 6.07) is 5.14. The molecule has 0 saturated carbocycles. The van der Waals surface area contributed by atoms with Gasteiger partial charge in [-0.1, -0.05) is 17.7 Å². The second-order valence-corrected chi connectivity index (χ2v) is 5.87. The Hall–Kier alpha value is -2.32. The van der Waals surface area contributed by atoms with E-state index >= 15 is 0 Å². The molecule has 0 radical (unpaired) electrons. The van der Waals surface area contributed by atoms with Crippen LogP contribution in [0.4, 0.5) is 4.79 Å². The minimum Gasteiger partial charge on any atom is -0.465 e. The summed E-state index contributed by atoms with van der Waals surface area (Å²) >= 11 is 6.20. The smallest absolute Gasteiger partial charge is 0.404 e. The molecule has 2 aromatic rings. The second kappa shape index (κ2) is 7.06. The number of benzene rings is 1. The molecule has 1 saturated heterocycles. The average molecular weight is 352 g/mol. The molecule has 3 rings (SSSR count). The zero-order chi connectivity index (χ0) is 17.1. The molecule has 9 heteroatoms. The molecular formula is C15H18ClN5O3. The van der Waals surface area contributed by atoms with Crippen molar-refractivity contribution in [3.05, 3.63) is 39.4 Å². The fourth-order valence-electron chi connectivity index (χ4n) is 2.81. The van der Waals surface area contributed by atoms with Gasteiger partial charge in [0.15, 0.2) is 0 Å². The predicted octanol–water partition coefficient (Wildman–Crippen LogP) is 0.401. The van der Waals surface area contributed by atoms with Gasteiger partial charge in [-0.25, -0.2) is 14.5 Å². The number of nitrogens with zero attached hydrogens (tertiary/aromatic N) is 3. The predicted molar refractivity (Wildman–Crippen MR) is 91.6 cm³/mol. The minimum atomic E-state index is -1.10. The number of hydrogen-bond acceptors (Lipinski definition) is 5. The largest absolute Gasteiger partial charge is 0.465 e. The topological polar surface area (TPSA) is 99.5 Å². The first-order chi connectivity index (χ1) is 11.6. The Morgan fingerprint density at radius 3 is 2.83 bits per heavy atom. The molecule has 8 nitrogen and oxygen atoms in total. The van der Waals surface area contributed by atoms with Gasteiger partial charge in [-0.15, -0.1) is 0 Å². The second-order valence-electron chi connectivity index (χ2n) is 5.46. The molecule has 24 heavy (non-hydrogen) atoms. The van der Waals surface area contributed by atoms with Crippen LogP contribution in [0.25, 0.3) is 10.9 Å². The Labute approximate surface area is 143 Å². The van der Waals surface area contributed by atoms with Gasteiger partial charge in [-0.2, -0.15) is 0 Å². The first-order valence-electron chi connectivity index (χ1n) is 7.71. The highest BCUT2D eigenvalue weighted by Crippen LogP contribution is 2.19. The van der Waals surface area contributed by atoms with Gasteiger partial charge in [0.1, 0.15) is 5.82 Å². The summed E-state index contributed by atoms with van der Waals surface area (Å²) in [5, 5.41) is 16.9. The summed E-state index contributed by atoms with van der Waals surface area (Å²) in [7, 11) is 0. The molecular weight excluding hydrogens is 334 g/mol. The van der Waals surface area contributed by atoms with Gasteiger partial charge in [0, 0.05) is 39.1 Å². The molecule has 0 spiro atoms. The molecule has 0 bridgehead atoms. The third-order valence-corrected chi connectivity index (χ3v) is 4.21. The number of rotatable bonds is 4. The van der Waals surface area contributed by atoms with E-state index in [4.69, 9.17) is 16.7 Å². The summed E-state index contributed by atoms with van der Waals surface area (Å²) in [6.45, 7) is 3.04. The van der Waals surface area contributed by atoms with E-state index < -0.39 is 6.09 Å². The van der Waals surface area contributed by atoms with Crippen LogP contribution in [0, 0.1) is 0 Å². The first kappa shape index (κ1) is 16.5. The zero-order valence-corrected chi connectivity index (χ0v) is 13.7. The van der Waals surface area contributed by atoms with Crippen molar-refractivity contribution in [2.45, 2.75) is 6.42 Å². The van der Waals surface area contributed by atoms with Crippen LogP contribution in [0.1, 0.15) is 5.82 Å². The van der Waals surface area contributed by atoms with Crippen LogP contribution < -0.4 is 21.2 Å². The molecule has 2 heterocycles. The maximum Gasteiger partial charge on any atom is 0.404 e. The van der Waals surface area contributed by atoms with Gasteiger partial charge in [0.2, 0.25) is 0 Å².